The molecule has 2 atom stereocenters. The highest BCUT2D eigenvalue weighted by atomic mass is 35.5. The highest BCUT2D eigenvalue weighted by molar-refractivity contribution is 7.90. The Morgan fingerprint density at radius 2 is 1.85 bits per heavy atom. The van der Waals surface area contributed by atoms with Crippen molar-refractivity contribution in [2.24, 2.45) is 0 Å². The standard InChI is InChI=1S/C23H28Cl2N4O4S/c1-34(32,33)12-10-21(28-23(31)27-17-5-3-2-4-6-17)22(30)26-18-9-11-29(15-18)14-16-7-8-19(24)20(25)13-16/h2-8,13,18,21H,9-12,14-15H2,1H3,(H,26,30)(H2,27,28,31)/t18-,21-/m0/s1. The second-order valence-electron chi connectivity index (χ2n) is 8.41. The molecule has 0 bridgehead atoms. The van der Waals surface area contributed by atoms with Gasteiger partial charge < -0.3 is 16.0 Å². The molecule has 2 aromatic carbocycles. The van der Waals surface area contributed by atoms with Crippen LogP contribution in [0.15, 0.2) is 48.5 Å². The highest BCUT2D eigenvalue weighted by Gasteiger charge is 2.28. The summed E-state index contributed by atoms with van der Waals surface area (Å²) >= 11 is 12.1. The average molecular weight is 527 g/mol. The fourth-order valence-electron chi connectivity index (χ4n) is 3.74. The summed E-state index contributed by atoms with van der Waals surface area (Å²) in [5, 5.41) is 9.21. The minimum Gasteiger partial charge on any atom is -0.350 e. The third-order valence-corrected chi connectivity index (χ3v) is 7.16. The Kier molecular flexibility index (Phi) is 9.18. The molecule has 0 aromatic heterocycles. The lowest BCUT2D eigenvalue weighted by atomic mass is 10.2. The Balaban J connectivity index is 1.57. The van der Waals surface area contributed by atoms with E-state index in [-0.39, 0.29) is 18.2 Å². The smallest absolute Gasteiger partial charge is 0.319 e. The molecule has 0 saturated carbocycles. The monoisotopic (exact) mass is 526 g/mol. The van der Waals surface area contributed by atoms with Gasteiger partial charge >= 0.3 is 6.03 Å². The molecule has 1 aliphatic heterocycles. The first kappa shape index (κ1) is 26.3. The fourth-order valence-corrected chi connectivity index (χ4v) is 4.72. The first-order valence-electron chi connectivity index (χ1n) is 10.9. The second-order valence-corrected chi connectivity index (χ2v) is 11.5. The molecule has 1 heterocycles. The van der Waals surface area contributed by atoms with Crippen LogP contribution in [0, 0.1) is 0 Å². The predicted molar refractivity (Wildman–Crippen MR) is 135 cm³/mol. The van der Waals surface area contributed by atoms with Crippen molar-refractivity contribution in [3.05, 3.63) is 64.1 Å². The van der Waals surface area contributed by atoms with Crippen molar-refractivity contribution < 1.29 is 18.0 Å². The van der Waals surface area contributed by atoms with Gasteiger partial charge in [-0.1, -0.05) is 47.5 Å². The number of nitrogens with zero attached hydrogens (tertiary/aromatic N) is 1. The molecule has 11 heteroatoms. The van der Waals surface area contributed by atoms with Crippen LogP contribution in [0.2, 0.25) is 10.0 Å². The molecule has 1 saturated heterocycles. The van der Waals surface area contributed by atoms with Crippen LogP contribution < -0.4 is 16.0 Å². The second kappa shape index (κ2) is 11.9. The maximum Gasteiger partial charge on any atom is 0.319 e. The molecule has 34 heavy (non-hydrogen) atoms. The van der Waals surface area contributed by atoms with E-state index in [2.05, 4.69) is 20.9 Å². The Morgan fingerprint density at radius 3 is 2.53 bits per heavy atom. The van der Waals surface area contributed by atoms with Gasteiger partial charge in [-0.2, -0.15) is 0 Å². The average Bonchev–Trinajstić information content (AvgIpc) is 3.20. The molecule has 2 aromatic rings. The van der Waals surface area contributed by atoms with Crippen molar-refractivity contribution in [1.29, 1.82) is 0 Å². The van der Waals surface area contributed by atoms with Crippen LogP contribution in [-0.2, 0) is 21.2 Å². The van der Waals surface area contributed by atoms with Gasteiger partial charge in [-0.25, -0.2) is 13.2 Å². The summed E-state index contributed by atoms with van der Waals surface area (Å²) in [6.45, 7) is 2.07. The van der Waals surface area contributed by atoms with E-state index in [0.29, 0.717) is 28.8 Å². The van der Waals surface area contributed by atoms with E-state index < -0.39 is 27.8 Å². The zero-order valence-corrected chi connectivity index (χ0v) is 21.1. The first-order chi connectivity index (χ1) is 16.1. The Hall–Kier alpha value is -2.33. The quantitative estimate of drug-likeness (QED) is 0.464. The largest absolute Gasteiger partial charge is 0.350 e. The number of hydrogen-bond acceptors (Lipinski definition) is 5. The number of halogens is 2. The number of para-hydroxylation sites is 1. The lowest BCUT2D eigenvalue weighted by Crippen LogP contribution is -2.51. The van der Waals surface area contributed by atoms with Crippen LogP contribution in [0.5, 0.6) is 0 Å². The van der Waals surface area contributed by atoms with Crippen LogP contribution in [0.25, 0.3) is 0 Å². The molecule has 3 N–H and O–H groups in total. The van der Waals surface area contributed by atoms with Gasteiger partial charge in [0.2, 0.25) is 5.91 Å². The van der Waals surface area contributed by atoms with Crippen LogP contribution >= 0.6 is 23.2 Å². The number of likely N-dealkylation sites (tertiary alicyclic amines) is 1. The predicted octanol–water partition coefficient (Wildman–Crippen LogP) is 3.31. The molecule has 8 nitrogen and oxygen atoms in total. The number of amides is 3. The van der Waals surface area contributed by atoms with Crippen LogP contribution in [-0.4, -0.2) is 62.4 Å². The molecule has 3 rings (SSSR count). The minimum absolute atomic E-state index is 0.0212. The van der Waals surface area contributed by atoms with Gasteiger partial charge in [-0.05, 0) is 42.7 Å². The van der Waals surface area contributed by atoms with E-state index in [1.807, 2.05) is 18.2 Å². The zero-order chi connectivity index (χ0) is 24.7. The number of hydrogen-bond donors (Lipinski definition) is 3. The topological polar surface area (TPSA) is 108 Å². The summed E-state index contributed by atoms with van der Waals surface area (Å²) in [5.74, 6) is -0.626. The summed E-state index contributed by atoms with van der Waals surface area (Å²) in [7, 11) is -3.30. The van der Waals surface area contributed by atoms with Crippen molar-refractivity contribution in [2.45, 2.75) is 31.5 Å². The number of carbonyl (C=O) groups excluding carboxylic acids is 2. The van der Waals surface area contributed by atoms with Gasteiger partial charge in [0.05, 0.1) is 15.8 Å². The highest BCUT2D eigenvalue weighted by Crippen LogP contribution is 2.24. The molecular formula is C23H28Cl2N4O4S. The number of benzene rings is 2. The summed E-state index contributed by atoms with van der Waals surface area (Å²) in [5.41, 5.74) is 1.59. The van der Waals surface area contributed by atoms with Crippen molar-refractivity contribution >= 4 is 50.7 Å². The molecule has 0 spiro atoms. The normalized spacial score (nSPS) is 17.2. The fraction of sp³-hybridized carbons (Fsp3) is 0.391. The zero-order valence-electron chi connectivity index (χ0n) is 18.8. The van der Waals surface area contributed by atoms with Gasteiger partial charge in [0, 0.05) is 37.6 Å². The molecule has 1 aliphatic rings. The van der Waals surface area contributed by atoms with E-state index in [4.69, 9.17) is 23.2 Å². The lowest BCUT2D eigenvalue weighted by molar-refractivity contribution is -0.123. The number of carbonyl (C=O) groups is 2. The number of anilines is 1. The number of rotatable bonds is 9. The van der Waals surface area contributed by atoms with E-state index in [9.17, 15) is 18.0 Å². The van der Waals surface area contributed by atoms with Gasteiger partial charge in [0.25, 0.3) is 0 Å². The van der Waals surface area contributed by atoms with E-state index in [0.717, 1.165) is 24.8 Å². The summed E-state index contributed by atoms with van der Waals surface area (Å²) in [6, 6.07) is 12.6. The summed E-state index contributed by atoms with van der Waals surface area (Å²) in [6.07, 6.45) is 1.82. The van der Waals surface area contributed by atoms with Gasteiger partial charge in [-0.15, -0.1) is 0 Å². The molecular weight excluding hydrogens is 499 g/mol. The van der Waals surface area contributed by atoms with E-state index in [1.165, 1.54) is 0 Å². The minimum atomic E-state index is -3.30. The van der Waals surface area contributed by atoms with Crippen molar-refractivity contribution in [3.63, 3.8) is 0 Å². The van der Waals surface area contributed by atoms with Crippen molar-refractivity contribution in [3.8, 4) is 0 Å². The molecule has 0 unspecified atom stereocenters. The lowest BCUT2D eigenvalue weighted by Gasteiger charge is -2.22. The molecule has 0 aliphatic carbocycles. The third-order valence-electron chi connectivity index (χ3n) is 5.44. The van der Waals surface area contributed by atoms with E-state index >= 15 is 0 Å². The number of sulfone groups is 1. The summed E-state index contributed by atoms with van der Waals surface area (Å²) < 4.78 is 23.3. The van der Waals surface area contributed by atoms with E-state index in [1.54, 1.807) is 30.3 Å². The third kappa shape index (κ3) is 8.47. The SMILES string of the molecule is CS(=O)(=O)CC[C@H](NC(=O)Nc1ccccc1)C(=O)N[C@H]1CCN(Cc2ccc(Cl)c(Cl)c2)C1. The van der Waals surface area contributed by atoms with Crippen LogP contribution in [0.1, 0.15) is 18.4 Å². The van der Waals surface area contributed by atoms with Crippen LogP contribution in [0.4, 0.5) is 10.5 Å². The first-order valence-corrected chi connectivity index (χ1v) is 13.7. The maximum atomic E-state index is 13.0. The summed E-state index contributed by atoms with van der Waals surface area (Å²) in [4.78, 5) is 27.6. The molecule has 0 radical (unpaired) electrons. The molecule has 184 valence electrons. The maximum absolute atomic E-state index is 13.0. The van der Waals surface area contributed by atoms with Crippen LogP contribution in [0.3, 0.4) is 0 Å². The molecule has 1 fully saturated rings. The van der Waals surface area contributed by atoms with Crippen molar-refractivity contribution in [2.75, 3.05) is 30.4 Å². The molecule has 3 amide bonds. The van der Waals surface area contributed by atoms with Gasteiger partial charge in [-0.3, -0.25) is 9.69 Å². The van der Waals surface area contributed by atoms with Gasteiger partial charge in [0.1, 0.15) is 15.9 Å². The van der Waals surface area contributed by atoms with Crippen molar-refractivity contribution in [1.82, 2.24) is 15.5 Å². The number of urea groups is 1. The Morgan fingerprint density at radius 1 is 1.12 bits per heavy atom. The number of nitrogens with one attached hydrogen (secondary N) is 3. The van der Waals surface area contributed by atoms with Gasteiger partial charge in [0.15, 0.2) is 0 Å². The Labute approximate surface area is 209 Å². The Bertz CT molecular complexity index is 1120.